The van der Waals surface area contributed by atoms with E-state index in [1.165, 1.54) is 12.3 Å². The number of carbonyl (C=O) groups excluding carboxylic acids is 1. The molecule has 40 heavy (non-hydrogen) atoms. The van der Waals surface area contributed by atoms with E-state index in [1.807, 2.05) is 24.3 Å². The van der Waals surface area contributed by atoms with Gasteiger partial charge in [0.2, 0.25) is 10.0 Å². The number of carboxylic acids is 1. The molecule has 0 unspecified atom stereocenters. The lowest BCUT2D eigenvalue weighted by molar-refractivity contribution is -0.192. The van der Waals surface area contributed by atoms with Crippen molar-refractivity contribution in [2.75, 3.05) is 5.32 Å². The quantitative estimate of drug-likeness (QED) is 0.196. The van der Waals surface area contributed by atoms with E-state index < -0.39 is 22.2 Å². The number of carboxylic acid groups (broad SMARTS) is 1. The number of nitrogens with zero attached hydrogens (tertiary/aromatic N) is 2. The Hall–Kier alpha value is -4.56. The minimum atomic E-state index is -5.08. The van der Waals surface area contributed by atoms with Crippen molar-refractivity contribution in [1.82, 2.24) is 4.98 Å². The number of sulfonamides is 1. The van der Waals surface area contributed by atoms with Crippen LogP contribution in [0, 0.1) is 0 Å². The van der Waals surface area contributed by atoms with Crippen molar-refractivity contribution >= 4 is 39.5 Å². The Bertz CT molecular complexity index is 1570. The summed E-state index contributed by atoms with van der Waals surface area (Å²) in [5, 5.41) is 18.9. The highest BCUT2D eigenvalue weighted by Crippen LogP contribution is 2.35. The first-order chi connectivity index (χ1) is 18.8. The molecule has 0 saturated carbocycles. The molecule has 1 heterocycles. The molecule has 2 aromatic carbocycles. The molecule has 0 atom stereocenters. The normalized spacial score (nSPS) is 13.6. The van der Waals surface area contributed by atoms with Gasteiger partial charge in [-0.2, -0.15) is 18.3 Å². The van der Waals surface area contributed by atoms with Gasteiger partial charge in [0, 0.05) is 22.9 Å². The lowest BCUT2D eigenvalue weighted by atomic mass is 10.00. The first-order valence-corrected chi connectivity index (χ1v) is 13.1. The third kappa shape index (κ3) is 7.74. The number of amides is 1. The van der Waals surface area contributed by atoms with Crippen LogP contribution in [-0.4, -0.2) is 42.8 Å². The topological polar surface area (TPSA) is 178 Å². The zero-order valence-electron chi connectivity index (χ0n) is 20.7. The molecule has 10 nitrogen and oxygen atoms in total. The standard InChI is InChI=1S/C24H23N5O3S.C2HF3O2/c25-28-14-16-5-3-6-17(13-16)19-8-4-9-21(19)24(30)29-23-12-11-18(15-27-23)20-7-1-2-10-22(20)33(26,31)32;3-2(4,5)1(6)7/h1-3,5-7,10-15H,4,8-9,25H2,(H2,26,31,32)(H,27,29,30);(H,6,7). The SMILES string of the molecule is NN=Cc1cccc(C2=C(C(=O)Nc3ccc(-c4ccccc4S(N)(=O)=O)cn3)CCC2)c1.O=C(O)C(F)(F)F. The van der Waals surface area contributed by atoms with Crippen molar-refractivity contribution in [1.29, 1.82) is 0 Å². The molecule has 0 saturated heterocycles. The van der Waals surface area contributed by atoms with Gasteiger partial charge in [-0.15, -0.1) is 0 Å². The number of benzene rings is 2. The minimum Gasteiger partial charge on any atom is -0.475 e. The first kappa shape index (κ1) is 30.0. The van der Waals surface area contributed by atoms with Crippen LogP contribution in [0.1, 0.15) is 30.4 Å². The molecule has 1 aliphatic rings. The largest absolute Gasteiger partial charge is 0.490 e. The number of halogens is 3. The highest BCUT2D eigenvalue weighted by Gasteiger charge is 2.38. The second-order valence-corrected chi connectivity index (χ2v) is 9.97. The summed E-state index contributed by atoms with van der Waals surface area (Å²) < 4.78 is 55.5. The smallest absolute Gasteiger partial charge is 0.475 e. The van der Waals surface area contributed by atoms with E-state index in [0.717, 1.165) is 35.1 Å². The Morgan fingerprint density at radius 3 is 2.33 bits per heavy atom. The van der Waals surface area contributed by atoms with Crippen LogP contribution in [0.2, 0.25) is 0 Å². The van der Waals surface area contributed by atoms with E-state index in [9.17, 15) is 26.4 Å². The molecule has 0 bridgehead atoms. The van der Waals surface area contributed by atoms with Crippen molar-refractivity contribution in [3.63, 3.8) is 0 Å². The number of anilines is 1. The summed E-state index contributed by atoms with van der Waals surface area (Å²) in [5.41, 5.74) is 4.59. The van der Waals surface area contributed by atoms with E-state index in [4.69, 9.17) is 20.9 Å². The summed E-state index contributed by atoms with van der Waals surface area (Å²) in [6, 6.07) is 17.5. The molecule has 210 valence electrons. The van der Waals surface area contributed by atoms with E-state index in [0.29, 0.717) is 23.4 Å². The number of pyridine rings is 1. The maximum absolute atomic E-state index is 13.0. The second kappa shape index (κ2) is 12.5. The average molecular weight is 576 g/mol. The van der Waals surface area contributed by atoms with Crippen LogP contribution in [0.25, 0.3) is 16.7 Å². The summed E-state index contributed by atoms with van der Waals surface area (Å²) in [6.45, 7) is 0. The summed E-state index contributed by atoms with van der Waals surface area (Å²) in [5.74, 6) is 2.67. The van der Waals surface area contributed by atoms with Crippen LogP contribution in [0.3, 0.4) is 0 Å². The van der Waals surface area contributed by atoms with E-state index >= 15 is 0 Å². The number of hydrogen-bond acceptors (Lipinski definition) is 7. The van der Waals surface area contributed by atoms with E-state index in [2.05, 4.69) is 15.4 Å². The van der Waals surface area contributed by atoms with Crippen molar-refractivity contribution < 1.29 is 36.3 Å². The lowest BCUT2D eigenvalue weighted by Gasteiger charge is -2.11. The molecule has 3 aromatic rings. The third-order valence-corrected chi connectivity index (χ3v) is 6.67. The molecule has 4 rings (SSSR count). The third-order valence-electron chi connectivity index (χ3n) is 5.70. The highest BCUT2D eigenvalue weighted by atomic mass is 32.2. The number of primary sulfonamides is 1. The Kier molecular flexibility index (Phi) is 9.39. The Morgan fingerprint density at radius 2 is 1.73 bits per heavy atom. The zero-order chi connectivity index (χ0) is 29.5. The number of allylic oxidation sites excluding steroid dienone is 1. The number of rotatable bonds is 6. The molecule has 0 spiro atoms. The average Bonchev–Trinajstić information content (AvgIpc) is 3.39. The van der Waals surface area contributed by atoms with Gasteiger partial charge in [-0.05, 0) is 60.2 Å². The number of hydrogen-bond donors (Lipinski definition) is 4. The highest BCUT2D eigenvalue weighted by molar-refractivity contribution is 7.89. The van der Waals surface area contributed by atoms with E-state index in [1.54, 1.807) is 36.5 Å². The van der Waals surface area contributed by atoms with E-state index in [-0.39, 0.29) is 10.8 Å². The number of aromatic nitrogens is 1. The molecular weight excluding hydrogens is 551 g/mol. The fourth-order valence-electron chi connectivity index (χ4n) is 3.98. The summed E-state index contributed by atoms with van der Waals surface area (Å²) in [4.78, 5) is 26.2. The van der Waals surface area contributed by atoms with Gasteiger partial charge in [-0.3, -0.25) is 4.79 Å². The number of alkyl halides is 3. The number of nitrogens with one attached hydrogen (secondary N) is 1. The lowest BCUT2D eigenvalue weighted by Crippen LogP contribution is -2.21. The first-order valence-electron chi connectivity index (χ1n) is 11.6. The predicted molar refractivity (Wildman–Crippen MR) is 142 cm³/mol. The maximum Gasteiger partial charge on any atom is 0.490 e. The number of carbonyl (C=O) groups is 2. The maximum atomic E-state index is 13.0. The molecule has 6 N–H and O–H groups in total. The van der Waals surface area contributed by atoms with Crippen LogP contribution in [0.15, 0.2) is 82.4 Å². The van der Waals surface area contributed by atoms with Gasteiger partial charge in [-0.1, -0.05) is 36.4 Å². The summed E-state index contributed by atoms with van der Waals surface area (Å²) >= 11 is 0. The second-order valence-electron chi connectivity index (χ2n) is 8.44. The zero-order valence-corrected chi connectivity index (χ0v) is 21.5. The fraction of sp³-hybridized carbons (Fsp3) is 0.154. The summed E-state index contributed by atoms with van der Waals surface area (Å²) in [7, 11) is -3.88. The van der Waals surface area contributed by atoms with Crippen molar-refractivity contribution in [2.45, 2.75) is 30.3 Å². The van der Waals surface area contributed by atoms with Gasteiger partial charge in [0.25, 0.3) is 5.91 Å². The van der Waals surface area contributed by atoms with Gasteiger partial charge < -0.3 is 16.3 Å². The Morgan fingerprint density at radius 1 is 1.02 bits per heavy atom. The van der Waals surface area contributed by atoms with Gasteiger partial charge in [0.05, 0.1) is 11.1 Å². The van der Waals surface area contributed by atoms with Crippen LogP contribution < -0.4 is 16.3 Å². The Labute approximate surface area is 227 Å². The van der Waals surface area contributed by atoms with Gasteiger partial charge in [-0.25, -0.2) is 23.3 Å². The van der Waals surface area contributed by atoms with Gasteiger partial charge in [0.15, 0.2) is 0 Å². The molecule has 0 radical (unpaired) electrons. The molecule has 1 aliphatic carbocycles. The number of aliphatic carboxylic acids is 1. The molecular formula is C26H24F3N5O5S. The summed E-state index contributed by atoms with van der Waals surface area (Å²) in [6.07, 6.45) is 0.375. The fourth-order valence-corrected chi connectivity index (χ4v) is 4.74. The monoisotopic (exact) mass is 575 g/mol. The molecule has 14 heteroatoms. The van der Waals surface area contributed by atoms with Crippen LogP contribution in [-0.2, 0) is 19.6 Å². The van der Waals surface area contributed by atoms with Crippen molar-refractivity contribution in [2.24, 2.45) is 16.1 Å². The van der Waals surface area contributed by atoms with Crippen LogP contribution in [0.5, 0.6) is 0 Å². The Balaban J connectivity index is 0.000000559. The van der Waals surface area contributed by atoms with Crippen LogP contribution >= 0.6 is 0 Å². The van der Waals surface area contributed by atoms with Gasteiger partial charge >= 0.3 is 12.1 Å². The molecule has 1 aromatic heterocycles. The van der Waals surface area contributed by atoms with Crippen molar-refractivity contribution in [3.05, 3.63) is 83.6 Å². The molecule has 1 amide bonds. The number of nitrogens with two attached hydrogens (primary N) is 2. The minimum absolute atomic E-state index is 0.0197. The molecule has 0 fully saturated rings. The predicted octanol–water partition coefficient (Wildman–Crippen LogP) is 3.90. The molecule has 0 aliphatic heterocycles. The van der Waals surface area contributed by atoms with Crippen LogP contribution in [0.4, 0.5) is 19.0 Å². The van der Waals surface area contributed by atoms with Gasteiger partial charge in [0.1, 0.15) is 5.82 Å². The number of hydrazone groups is 1. The van der Waals surface area contributed by atoms with Crippen molar-refractivity contribution in [3.8, 4) is 11.1 Å².